The third-order valence-corrected chi connectivity index (χ3v) is 3.95. The maximum atomic E-state index is 10.6. The Morgan fingerprint density at radius 2 is 2.27 bits per heavy atom. The highest BCUT2D eigenvalue weighted by atomic mass is 79.9. The van der Waals surface area contributed by atoms with Crippen molar-refractivity contribution in [2.75, 3.05) is 0 Å². The van der Waals surface area contributed by atoms with Crippen LogP contribution in [0.1, 0.15) is 15.2 Å². The number of halogens is 1. The Balaban J connectivity index is 2.53. The van der Waals surface area contributed by atoms with Crippen molar-refractivity contribution >= 4 is 33.6 Å². The number of aldehydes is 1. The fraction of sp³-hybridized carbons (Fsp3) is 0.0909. The number of hydrogen-bond donors (Lipinski definition) is 0. The first-order chi connectivity index (χ1) is 7.22. The Labute approximate surface area is 100 Å². The van der Waals surface area contributed by atoms with Gasteiger partial charge in [0, 0.05) is 16.2 Å². The van der Waals surface area contributed by atoms with Crippen LogP contribution in [0.25, 0.3) is 10.6 Å². The molecule has 1 heterocycles. The molecule has 2 rings (SSSR count). The van der Waals surface area contributed by atoms with Crippen LogP contribution in [-0.4, -0.2) is 11.3 Å². The normalized spacial score (nSPS) is 10.3. The van der Waals surface area contributed by atoms with E-state index in [-0.39, 0.29) is 0 Å². The van der Waals surface area contributed by atoms with Crippen molar-refractivity contribution in [3.05, 3.63) is 39.3 Å². The van der Waals surface area contributed by atoms with Crippen LogP contribution < -0.4 is 0 Å². The Morgan fingerprint density at radius 1 is 1.47 bits per heavy atom. The molecule has 0 fully saturated rings. The van der Waals surface area contributed by atoms with Gasteiger partial charge in [-0.1, -0.05) is 28.1 Å². The van der Waals surface area contributed by atoms with E-state index in [1.54, 1.807) is 6.20 Å². The molecule has 1 aromatic carbocycles. The molecule has 0 saturated carbocycles. The van der Waals surface area contributed by atoms with Crippen molar-refractivity contribution in [3.8, 4) is 10.6 Å². The van der Waals surface area contributed by atoms with E-state index in [0.717, 1.165) is 26.9 Å². The van der Waals surface area contributed by atoms with Crippen LogP contribution in [0.4, 0.5) is 0 Å². The molecule has 0 aliphatic heterocycles. The molecule has 0 unspecified atom stereocenters. The molecule has 1 aromatic heterocycles. The number of aromatic nitrogens is 1. The van der Waals surface area contributed by atoms with Crippen molar-refractivity contribution in [3.63, 3.8) is 0 Å². The smallest absolute Gasteiger partial charge is 0.161 e. The van der Waals surface area contributed by atoms with Gasteiger partial charge in [0.2, 0.25) is 0 Å². The molecule has 0 atom stereocenters. The molecular formula is C11H8BrNOS. The number of hydrogen-bond acceptors (Lipinski definition) is 3. The van der Waals surface area contributed by atoms with Gasteiger partial charge in [0.25, 0.3) is 0 Å². The third-order valence-electron chi connectivity index (χ3n) is 2.14. The highest BCUT2D eigenvalue weighted by Crippen LogP contribution is 2.30. The van der Waals surface area contributed by atoms with Crippen molar-refractivity contribution in [1.29, 1.82) is 0 Å². The molecule has 4 heteroatoms. The van der Waals surface area contributed by atoms with Gasteiger partial charge in [0.15, 0.2) is 6.29 Å². The molecule has 0 radical (unpaired) electrons. The maximum absolute atomic E-state index is 10.6. The van der Waals surface area contributed by atoms with E-state index in [2.05, 4.69) is 20.9 Å². The molecule has 0 spiro atoms. The zero-order valence-corrected chi connectivity index (χ0v) is 10.4. The summed E-state index contributed by atoms with van der Waals surface area (Å²) in [6.45, 7) is 2.03. The predicted octanol–water partition coefficient (Wildman–Crippen LogP) is 3.69. The molecule has 76 valence electrons. The number of thiazole rings is 1. The summed E-state index contributed by atoms with van der Waals surface area (Å²) in [6.07, 6.45) is 2.43. The van der Waals surface area contributed by atoms with Crippen LogP contribution in [0.3, 0.4) is 0 Å². The summed E-state index contributed by atoms with van der Waals surface area (Å²) < 4.78 is 1.06. The van der Waals surface area contributed by atoms with E-state index in [4.69, 9.17) is 0 Å². The molecule has 0 bridgehead atoms. The highest BCUT2D eigenvalue weighted by molar-refractivity contribution is 9.10. The average molecular weight is 282 g/mol. The summed E-state index contributed by atoms with van der Waals surface area (Å²) >= 11 is 4.88. The van der Waals surface area contributed by atoms with Gasteiger partial charge >= 0.3 is 0 Å². The number of nitrogens with zero attached hydrogens (tertiary/aromatic N) is 1. The van der Waals surface area contributed by atoms with Gasteiger partial charge in [-0.25, -0.2) is 4.98 Å². The average Bonchev–Trinajstić information content (AvgIpc) is 2.70. The Hall–Kier alpha value is -1.00. The zero-order valence-electron chi connectivity index (χ0n) is 8.03. The van der Waals surface area contributed by atoms with Gasteiger partial charge in [-0.2, -0.15) is 0 Å². The minimum atomic E-state index is 0.657. The number of carbonyl (C=O) groups excluding carboxylic acids is 1. The molecule has 2 aromatic rings. The standard InChI is InChI=1S/C11H8BrNOS/c1-7-9(3-2-4-10(7)12)11-13-5-8(6-14)15-11/h2-6H,1H3. The first kappa shape index (κ1) is 10.5. The van der Waals surface area contributed by atoms with E-state index < -0.39 is 0 Å². The quantitative estimate of drug-likeness (QED) is 0.786. The summed E-state index contributed by atoms with van der Waals surface area (Å²) in [5, 5.41) is 0.885. The van der Waals surface area contributed by atoms with Crippen LogP contribution >= 0.6 is 27.3 Å². The lowest BCUT2D eigenvalue weighted by Crippen LogP contribution is -1.82. The zero-order chi connectivity index (χ0) is 10.8. The van der Waals surface area contributed by atoms with E-state index >= 15 is 0 Å². The van der Waals surface area contributed by atoms with E-state index in [9.17, 15) is 4.79 Å². The van der Waals surface area contributed by atoms with Gasteiger partial charge in [-0.15, -0.1) is 11.3 Å². The summed E-state index contributed by atoms with van der Waals surface area (Å²) in [5.74, 6) is 0. The monoisotopic (exact) mass is 281 g/mol. The first-order valence-corrected chi connectivity index (χ1v) is 6.00. The van der Waals surface area contributed by atoms with Crippen LogP contribution in [0.15, 0.2) is 28.9 Å². The SMILES string of the molecule is Cc1c(Br)cccc1-c1ncc(C=O)s1. The Morgan fingerprint density at radius 3 is 2.93 bits per heavy atom. The fourth-order valence-corrected chi connectivity index (χ4v) is 2.48. The molecule has 0 N–H and O–H groups in total. The van der Waals surface area contributed by atoms with Crippen LogP contribution in [0.2, 0.25) is 0 Å². The predicted molar refractivity (Wildman–Crippen MR) is 65.4 cm³/mol. The second-order valence-corrected chi connectivity index (χ2v) is 5.01. The number of rotatable bonds is 2. The number of benzene rings is 1. The molecule has 0 amide bonds. The third kappa shape index (κ3) is 2.01. The molecule has 0 aliphatic carbocycles. The van der Waals surface area contributed by atoms with Crippen LogP contribution in [0, 0.1) is 6.92 Å². The summed E-state index contributed by atoms with van der Waals surface area (Å²) in [7, 11) is 0. The van der Waals surface area contributed by atoms with E-state index in [1.807, 2.05) is 25.1 Å². The van der Waals surface area contributed by atoms with Gasteiger partial charge < -0.3 is 0 Å². The second kappa shape index (κ2) is 4.24. The summed E-state index contributed by atoms with van der Waals surface area (Å²) in [5.41, 5.74) is 2.21. The molecule has 15 heavy (non-hydrogen) atoms. The topological polar surface area (TPSA) is 30.0 Å². The van der Waals surface area contributed by atoms with E-state index in [0.29, 0.717) is 4.88 Å². The minimum Gasteiger partial charge on any atom is -0.297 e. The van der Waals surface area contributed by atoms with Crippen molar-refractivity contribution in [2.24, 2.45) is 0 Å². The number of carbonyl (C=O) groups is 1. The van der Waals surface area contributed by atoms with Gasteiger partial charge in [0.1, 0.15) is 5.01 Å². The van der Waals surface area contributed by atoms with Crippen molar-refractivity contribution < 1.29 is 4.79 Å². The largest absolute Gasteiger partial charge is 0.297 e. The maximum Gasteiger partial charge on any atom is 0.161 e. The molecular weight excluding hydrogens is 274 g/mol. The fourth-order valence-electron chi connectivity index (χ4n) is 1.30. The lowest BCUT2D eigenvalue weighted by Gasteiger charge is -2.03. The van der Waals surface area contributed by atoms with Crippen molar-refractivity contribution in [2.45, 2.75) is 6.92 Å². The van der Waals surface area contributed by atoms with E-state index in [1.165, 1.54) is 11.3 Å². The van der Waals surface area contributed by atoms with Crippen LogP contribution in [-0.2, 0) is 0 Å². The summed E-state index contributed by atoms with van der Waals surface area (Å²) in [6, 6.07) is 5.97. The molecule has 2 nitrogen and oxygen atoms in total. The second-order valence-electron chi connectivity index (χ2n) is 3.10. The first-order valence-electron chi connectivity index (χ1n) is 4.39. The molecule has 0 saturated heterocycles. The minimum absolute atomic E-state index is 0.657. The van der Waals surface area contributed by atoms with Crippen LogP contribution in [0.5, 0.6) is 0 Å². The lowest BCUT2D eigenvalue weighted by atomic mass is 10.1. The molecule has 0 aliphatic rings. The summed E-state index contributed by atoms with van der Waals surface area (Å²) in [4.78, 5) is 15.4. The van der Waals surface area contributed by atoms with Gasteiger partial charge in [-0.05, 0) is 18.6 Å². The Kier molecular flexibility index (Phi) is 2.98. The Bertz CT molecular complexity index is 507. The van der Waals surface area contributed by atoms with Crippen molar-refractivity contribution in [1.82, 2.24) is 4.98 Å². The van der Waals surface area contributed by atoms with Gasteiger partial charge in [0.05, 0.1) is 4.88 Å². The van der Waals surface area contributed by atoms with Gasteiger partial charge in [-0.3, -0.25) is 4.79 Å². The highest BCUT2D eigenvalue weighted by Gasteiger charge is 2.08. The lowest BCUT2D eigenvalue weighted by molar-refractivity contribution is 0.112.